The molecule has 2 aromatic rings. The number of aromatic nitrogens is 1. The van der Waals surface area contributed by atoms with Crippen molar-refractivity contribution in [1.29, 1.82) is 0 Å². The topological polar surface area (TPSA) is 71.1 Å². The van der Waals surface area contributed by atoms with Crippen molar-refractivity contribution in [3.05, 3.63) is 65.7 Å². The normalized spacial score (nSPS) is 20.0. The zero-order valence-electron chi connectivity index (χ0n) is 13.4. The van der Waals surface area contributed by atoms with Crippen LogP contribution in [0.25, 0.3) is 0 Å². The number of carbonyl (C=O) groups excluding carboxylic acids is 2. The van der Waals surface area contributed by atoms with Gasteiger partial charge in [-0.2, -0.15) is 0 Å². The maximum absolute atomic E-state index is 13.7. The first kappa shape index (κ1) is 17.4. The number of benzene rings is 1. The Hall–Kier alpha value is -2.41. The molecule has 0 saturated carbocycles. The summed E-state index contributed by atoms with van der Waals surface area (Å²) >= 11 is 1.38. The van der Waals surface area contributed by atoms with Gasteiger partial charge in [0.1, 0.15) is 11.9 Å². The lowest BCUT2D eigenvalue weighted by Crippen LogP contribution is -2.54. The summed E-state index contributed by atoms with van der Waals surface area (Å²) in [6.07, 6.45) is 1.97. The van der Waals surface area contributed by atoms with Gasteiger partial charge < -0.3 is 10.6 Å². The van der Waals surface area contributed by atoms with Gasteiger partial charge in [-0.3, -0.25) is 14.6 Å². The van der Waals surface area contributed by atoms with Gasteiger partial charge in [-0.15, -0.1) is 11.8 Å². The van der Waals surface area contributed by atoms with Crippen molar-refractivity contribution < 1.29 is 14.0 Å². The molecule has 2 N–H and O–H groups in total. The molecule has 25 heavy (non-hydrogen) atoms. The van der Waals surface area contributed by atoms with Crippen molar-refractivity contribution in [3.8, 4) is 0 Å². The van der Waals surface area contributed by atoms with Crippen molar-refractivity contribution in [2.24, 2.45) is 0 Å². The molecule has 0 unspecified atom stereocenters. The van der Waals surface area contributed by atoms with Crippen LogP contribution in [0, 0.1) is 5.82 Å². The van der Waals surface area contributed by atoms with Crippen molar-refractivity contribution in [1.82, 2.24) is 15.6 Å². The van der Waals surface area contributed by atoms with E-state index in [0.29, 0.717) is 24.3 Å². The molecule has 0 spiro atoms. The van der Waals surface area contributed by atoms with Crippen LogP contribution in [-0.2, 0) is 22.6 Å². The van der Waals surface area contributed by atoms with E-state index in [0.717, 1.165) is 5.69 Å². The van der Waals surface area contributed by atoms with Gasteiger partial charge in [0, 0.05) is 11.9 Å². The lowest BCUT2D eigenvalue weighted by atomic mass is 10.1. The average molecular weight is 359 g/mol. The zero-order valence-corrected chi connectivity index (χ0v) is 14.3. The Labute approximate surface area is 149 Å². The second kappa shape index (κ2) is 8.11. The number of nitrogens with zero attached hydrogens (tertiary/aromatic N) is 1. The number of halogens is 1. The molecule has 0 radical (unpaired) electrons. The number of hydrogen-bond donors (Lipinski definition) is 2. The number of amides is 2. The van der Waals surface area contributed by atoms with Crippen LogP contribution in [0.4, 0.5) is 4.39 Å². The fraction of sp³-hybridized carbons (Fsp3) is 0.278. The number of thioether (sulfide) groups is 1. The van der Waals surface area contributed by atoms with E-state index in [-0.39, 0.29) is 17.6 Å². The molecule has 2 heterocycles. The van der Waals surface area contributed by atoms with Crippen molar-refractivity contribution in [3.63, 3.8) is 0 Å². The Morgan fingerprint density at radius 3 is 2.80 bits per heavy atom. The van der Waals surface area contributed by atoms with Gasteiger partial charge in [0.05, 0.1) is 17.5 Å². The Bertz CT molecular complexity index is 757. The van der Waals surface area contributed by atoms with Crippen molar-refractivity contribution in [2.45, 2.75) is 24.3 Å². The highest BCUT2D eigenvalue weighted by atomic mass is 32.2. The first-order valence-corrected chi connectivity index (χ1v) is 9.01. The second-order valence-corrected chi connectivity index (χ2v) is 6.95. The third-order valence-corrected chi connectivity index (χ3v) is 5.23. The molecule has 2 amide bonds. The lowest BCUT2D eigenvalue weighted by Gasteiger charge is -2.28. The van der Waals surface area contributed by atoms with E-state index in [1.54, 1.807) is 30.5 Å². The third-order valence-electron chi connectivity index (χ3n) is 3.92. The summed E-state index contributed by atoms with van der Waals surface area (Å²) in [4.78, 5) is 28.6. The fourth-order valence-electron chi connectivity index (χ4n) is 2.55. The Morgan fingerprint density at radius 1 is 1.28 bits per heavy atom. The standard InChI is InChI=1S/C18H18FN3O2S/c19-14-7-2-1-5-12(14)9-16-18(24)22-15(11-25-16)17(23)21-10-13-6-3-4-8-20-13/h1-8,15-16H,9-11H2,(H,21,23)(H,22,24)/t15-,16-/m1/s1. The molecule has 130 valence electrons. The third kappa shape index (κ3) is 4.57. The van der Waals surface area contributed by atoms with Crippen LogP contribution in [0.3, 0.4) is 0 Å². The predicted molar refractivity (Wildman–Crippen MR) is 94.4 cm³/mol. The predicted octanol–water partition coefficient (Wildman–Crippen LogP) is 1.68. The second-order valence-electron chi connectivity index (χ2n) is 5.72. The van der Waals surface area contributed by atoms with E-state index in [4.69, 9.17) is 0 Å². The van der Waals surface area contributed by atoms with E-state index in [2.05, 4.69) is 15.6 Å². The number of nitrogens with one attached hydrogen (secondary N) is 2. The fourth-order valence-corrected chi connectivity index (χ4v) is 3.73. The monoisotopic (exact) mass is 359 g/mol. The zero-order chi connectivity index (χ0) is 17.6. The maximum Gasteiger partial charge on any atom is 0.243 e. The molecule has 7 heteroatoms. The van der Waals surface area contributed by atoms with Gasteiger partial charge >= 0.3 is 0 Å². The van der Waals surface area contributed by atoms with E-state index < -0.39 is 11.3 Å². The molecule has 1 saturated heterocycles. The molecule has 1 aliphatic rings. The summed E-state index contributed by atoms with van der Waals surface area (Å²) in [5.74, 6) is -0.335. The molecule has 2 atom stereocenters. The Morgan fingerprint density at radius 2 is 2.08 bits per heavy atom. The van der Waals surface area contributed by atoms with Crippen LogP contribution in [-0.4, -0.2) is 33.8 Å². The lowest BCUT2D eigenvalue weighted by molar-refractivity contribution is -0.128. The maximum atomic E-state index is 13.7. The van der Waals surface area contributed by atoms with Crippen molar-refractivity contribution in [2.75, 3.05) is 5.75 Å². The number of rotatable bonds is 5. The highest BCUT2D eigenvalue weighted by Gasteiger charge is 2.32. The molecule has 0 bridgehead atoms. The van der Waals surface area contributed by atoms with Crippen LogP contribution in [0.15, 0.2) is 48.7 Å². The summed E-state index contributed by atoms with van der Waals surface area (Å²) in [5, 5.41) is 5.11. The van der Waals surface area contributed by atoms with Gasteiger partial charge in [-0.1, -0.05) is 24.3 Å². The van der Waals surface area contributed by atoms with Crippen LogP contribution >= 0.6 is 11.8 Å². The van der Waals surface area contributed by atoms with E-state index in [1.165, 1.54) is 17.8 Å². The summed E-state index contributed by atoms with van der Waals surface area (Å²) in [6, 6.07) is 11.3. The van der Waals surface area contributed by atoms with Gasteiger partial charge in [0.2, 0.25) is 11.8 Å². The summed E-state index contributed by atoms with van der Waals surface area (Å²) in [6.45, 7) is 0.315. The van der Waals surface area contributed by atoms with Gasteiger partial charge in [0.15, 0.2) is 0 Å². The Kier molecular flexibility index (Phi) is 5.65. The van der Waals surface area contributed by atoms with Crippen LogP contribution in [0.5, 0.6) is 0 Å². The van der Waals surface area contributed by atoms with Gasteiger partial charge in [-0.25, -0.2) is 4.39 Å². The smallest absolute Gasteiger partial charge is 0.243 e. The quantitative estimate of drug-likeness (QED) is 0.852. The molecule has 1 aromatic carbocycles. The summed E-state index contributed by atoms with van der Waals surface area (Å²) in [7, 11) is 0. The molecular weight excluding hydrogens is 341 g/mol. The van der Waals surface area contributed by atoms with E-state index in [1.807, 2.05) is 12.1 Å². The SMILES string of the molecule is O=C(NCc1ccccn1)[C@H]1CS[C@H](Cc2ccccc2F)C(=O)N1. The average Bonchev–Trinajstić information content (AvgIpc) is 2.64. The van der Waals surface area contributed by atoms with Crippen LogP contribution in [0.2, 0.25) is 0 Å². The Balaban J connectivity index is 1.52. The van der Waals surface area contributed by atoms with Gasteiger partial charge in [-0.05, 0) is 30.2 Å². The number of pyridine rings is 1. The minimum Gasteiger partial charge on any atom is -0.349 e. The highest BCUT2D eigenvalue weighted by Crippen LogP contribution is 2.23. The van der Waals surface area contributed by atoms with Crippen LogP contribution < -0.4 is 10.6 Å². The number of carbonyl (C=O) groups is 2. The van der Waals surface area contributed by atoms with Crippen molar-refractivity contribution >= 4 is 23.6 Å². The van der Waals surface area contributed by atoms with E-state index >= 15 is 0 Å². The highest BCUT2D eigenvalue weighted by molar-refractivity contribution is 8.00. The number of hydrogen-bond acceptors (Lipinski definition) is 4. The van der Waals surface area contributed by atoms with Crippen LogP contribution in [0.1, 0.15) is 11.3 Å². The first-order valence-electron chi connectivity index (χ1n) is 7.96. The van der Waals surface area contributed by atoms with E-state index in [9.17, 15) is 14.0 Å². The molecule has 0 aliphatic carbocycles. The minimum atomic E-state index is -0.585. The first-order chi connectivity index (χ1) is 12.1. The molecular formula is C18H18FN3O2S. The summed E-state index contributed by atoms with van der Waals surface area (Å²) in [5.41, 5.74) is 1.26. The minimum absolute atomic E-state index is 0.238. The molecule has 1 aliphatic heterocycles. The molecule has 1 fully saturated rings. The molecule has 1 aromatic heterocycles. The molecule has 5 nitrogen and oxygen atoms in total. The largest absolute Gasteiger partial charge is 0.349 e. The summed E-state index contributed by atoms with van der Waals surface area (Å²) < 4.78 is 13.7. The van der Waals surface area contributed by atoms with Gasteiger partial charge in [0.25, 0.3) is 0 Å². The molecule has 3 rings (SSSR count).